The van der Waals surface area contributed by atoms with Crippen molar-refractivity contribution in [2.75, 3.05) is 0 Å². The minimum absolute atomic E-state index is 0.932. The lowest BCUT2D eigenvalue weighted by molar-refractivity contribution is 1.16. The quantitative estimate of drug-likeness (QED) is 0.703. The fourth-order valence-corrected chi connectivity index (χ4v) is 2.10. The highest BCUT2D eigenvalue weighted by Crippen LogP contribution is 2.18. The van der Waals surface area contributed by atoms with Gasteiger partial charge in [-0.05, 0) is 41.8 Å². The molecule has 2 heteroatoms. The van der Waals surface area contributed by atoms with Crippen molar-refractivity contribution >= 4 is 0 Å². The van der Waals surface area contributed by atoms with Crippen molar-refractivity contribution in [1.82, 2.24) is 9.97 Å². The Morgan fingerprint density at radius 1 is 0.737 bits per heavy atom. The van der Waals surface area contributed by atoms with Gasteiger partial charge in [-0.3, -0.25) is 9.97 Å². The van der Waals surface area contributed by atoms with Gasteiger partial charge in [-0.15, -0.1) is 0 Å². The summed E-state index contributed by atoms with van der Waals surface area (Å²) in [5.41, 5.74) is 4.68. The highest BCUT2D eigenvalue weighted by Gasteiger charge is 2.01. The van der Waals surface area contributed by atoms with E-state index in [9.17, 15) is 0 Å². The van der Waals surface area contributed by atoms with Gasteiger partial charge in [0, 0.05) is 24.2 Å². The fourth-order valence-electron chi connectivity index (χ4n) is 2.10. The van der Waals surface area contributed by atoms with Gasteiger partial charge in [0.25, 0.3) is 0 Å². The first kappa shape index (κ1) is 11.6. The molecule has 3 aromatic rings. The average molecular weight is 246 g/mol. The molecule has 0 spiro atoms. The SMILES string of the molecule is c1ccc(Cc2ccnc(-c3ccncc3)c2)cc1. The third-order valence-electron chi connectivity index (χ3n) is 3.05. The van der Waals surface area contributed by atoms with Crippen LogP contribution < -0.4 is 0 Å². The predicted molar refractivity (Wildman–Crippen MR) is 76.7 cm³/mol. The van der Waals surface area contributed by atoms with Crippen LogP contribution in [0.1, 0.15) is 11.1 Å². The number of rotatable bonds is 3. The van der Waals surface area contributed by atoms with Crippen LogP contribution in [-0.2, 0) is 6.42 Å². The van der Waals surface area contributed by atoms with E-state index in [0.717, 1.165) is 17.7 Å². The predicted octanol–water partition coefficient (Wildman–Crippen LogP) is 3.73. The van der Waals surface area contributed by atoms with E-state index < -0.39 is 0 Å². The van der Waals surface area contributed by atoms with Crippen LogP contribution in [0.3, 0.4) is 0 Å². The number of hydrogen-bond acceptors (Lipinski definition) is 2. The maximum atomic E-state index is 4.42. The van der Waals surface area contributed by atoms with Gasteiger partial charge in [-0.1, -0.05) is 30.3 Å². The molecule has 3 rings (SSSR count). The molecular formula is C17H14N2. The molecule has 0 aliphatic carbocycles. The molecule has 2 aromatic heterocycles. The summed E-state index contributed by atoms with van der Waals surface area (Å²) in [7, 11) is 0. The van der Waals surface area contributed by atoms with E-state index >= 15 is 0 Å². The van der Waals surface area contributed by atoms with Crippen molar-refractivity contribution in [3.63, 3.8) is 0 Å². The van der Waals surface area contributed by atoms with Crippen LogP contribution in [0.5, 0.6) is 0 Å². The smallest absolute Gasteiger partial charge is 0.0705 e. The Morgan fingerprint density at radius 2 is 1.53 bits per heavy atom. The van der Waals surface area contributed by atoms with Crippen LogP contribution in [0.15, 0.2) is 73.2 Å². The lowest BCUT2D eigenvalue weighted by Gasteiger charge is -2.05. The van der Waals surface area contributed by atoms with Gasteiger partial charge in [0.15, 0.2) is 0 Å². The minimum atomic E-state index is 0.932. The largest absolute Gasteiger partial charge is 0.265 e. The molecule has 0 saturated carbocycles. The molecular weight excluding hydrogens is 232 g/mol. The van der Waals surface area contributed by atoms with E-state index in [1.807, 2.05) is 24.4 Å². The summed E-state index contributed by atoms with van der Waals surface area (Å²) in [6.07, 6.45) is 6.39. The van der Waals surface area contributed by atoms with Crippen LogP contribution in [0.2, 0.25) is 0 Å². The van der Waals surface area contributed by atoms with Crippen molar-refractivity contribution in [3.8, 4) is 11.3 Å². The van der Waals surface area contributed by atoms with E-state index in [2.05, 4.69) is 46.4 Å². The Kier molecular flexibility index (Phi) is 3.32. The van der Waals surface area contributed by atoms with E-state index in [1.54, 1.807) is 12.4 Å². The monoisotopic (exact) mass is 246 g/mol. The lowest BCUT2D eigenvalue weighted by atomic mass is 10.0. The van der Waals surface area contributed by atoms with Crippen molar-refractivity contribution in [3.05, 3.63) is 84.3 Å². The number of pyridine rings is 2. The third kappa shape index (κ3) is 2.86. The second kappa shape index (κ2) is 5.44. The first-order valence-electron chi connectivity index (χ1n) is 6.31. The zero-order chi connectivity index (χ0) is 12.9. The van der Waals surface area contributed by atoms with E-state index in [1.165, 1.54) is 11.1 Å². The Labute approximate surface area is 112 Å². The summed E-state index contributed by atoms with van der Waals surface area (Å²) in [4.78, 5) is 8.46. The number of benzene rings is 1. The van der Waals surface area contributed by atoms with Gasteiger partial charge in [0.05, 0.1) is 5.69 Å². The Hall–Kier alpha value is -2.48. The maximum Gasteiger partial charge on any atom is 0.0705 e. The second-order valence-electron chi connectivity index (χ2n) is 4.45. The maximum absolute atomic E-state index is 4.42. The van der Waals surface area contributed by atoms with Crippen LogP contribution in [0, 0.1) is 0 Å². The molecule has 0 unspecified atom stereocenters. The summed E-state index contributed by atoms with van der Waals surface area (Å²) in [5, 5.41) is 0. The summed E-state index contributed by atoms with van der Waals surface area (Å²) in [6, 6.07) is 18.6. The molecule has 0 amide bonds. The zero-order valence-corrected chi connectivity index (χ0v) is 10.5. The fraction of sp³-hybridized carbons (Fsp3) is 0.0588. The molecule has 0 fully saturated rings. The molecule has 0 aliphatic heterocycles. The molecule has 0 aliphatic rings. The van der Waals surface area contributed by atoms with Gasteiger partial charge in [-0.2, -0.15) is 0 Å². The second-order valence-corrected chi connectivity index (χ2v) is 4.45. The van der Waals surface area contributed by atoms with E-state index in [-0.39, 0.29) is 0 Å². The number of hydrogen-bond donors (Lipinski definition) is 0. The molecule has 2 heterocycles. The molecule has 1 aromatic carbocycles. The van der Waals surface area contributed by atoms with Crippen LogP contribution in [0.4, 0.5) is 0 Å². The molecule has 92 valence electrons. The van der Waals surface area contributed by atoms with E-state index in [0.29, 0.717) is 0 Å². The summed E-state index contributed by atoms with van der Waals surface area (Å²) in [6.45, 7) is 0. The summed E-state index contributed by atoms with van der Waals surface area (Å²) >= 11 is 0. The highest BCUT2D eigenvalue weighted by atomic mass is 14.7. The standard InChI is InChI=1S/C17H14N2/c1-2-4-14(5-3-1)12-15-6-11-19-17(13-15)16-7-9-18-10-8-16/h1-11,13H,12H2. The minimum Gasteiger partial charge on any atom is -0.265 e. The van der Waals surface area contributed by atoms with Gasteiger partial charge in [0.2, 0.25) is 0 Å². The van der Waals surface area contributed by atoms with Gasteiger partial charge < -0.3 is 0 Å². The lowest BCUT2D eigenvalue weighted by Crippen LogP contribution is -1.91. The molecule has 0 saturated heterocycles. The molecule has 2 nitrogen and oxygen atoms in total. The first-order chi connectivity index (χ1) is 9.42. The normalized spacial score (nSPS) is 10.3. The number of aromatic nitrogens is 2. The van der Waals surface area contributed by atoms with Crippen molar-refractivity contribution in [2.24, 2.45) is 0 Å². The van der Waals surface area contributed by atoms with Crippen LogP contribution in [0.25, 0.3) is 11.3 Å². The Balaban J connectivity index is 1.89. The van der Waals surface area contributed by atoms with Crippen molar-refractivity contribution in [2.45, 2.75) is 6.42 Å². The van der Waals surface area contributed by atoms with Crippen LogP contribution >= 0.6 is 0 Å². The molecule has 0 N–H and O–H groups in total. The molecule has 0 radical (unpaired) electrons. The summed E-state index contributed by atoms with van der Waals surface area (Å²) in [5.74, 6) is 0. The van der Waals surface area contributed by atoms with Gasteiger partial charge in [0.1, 0.15) is 0 Å². The van der Waals surface area contributed by atoms with Crippen molar-refractivity contribution in [1.29, 1.82) is 0 Å². The van der Waals surface area contributed by atoms with Gasteiger partial charge in [-0.25, -0.2) is 0 Å². The first-order valence-corrected chi connectivity index (χ1v) is 6.31. The Bertz CT molecular complexity index is 648. The average Bonchev–Trinajstić information content (AvgIpc) is 2.49. The summed E-state index contributed by atoms with van der Waals surface area (Å²) < 4.78 is 0. The third-order valence-corrected chi connectivity index (χ3v) is 3.05. The Morgan fingerprint density at radius 3 is 2.32 bits per heavy atom. The van der Waals surface area contributed by atoms with Crippen LogP contribution in [-0.4, -0.2) is 9.97 Å². The molecule has 0 bridgehead atoms. The van der Waals surface area contributed by atoms with Crippen molar-refractivity contribution < 1.29 is 0 Å². The zero-order valence-electron chi connectivity index (χ0n) is 10.5. The highest BCUT2D eigenvalue weighted by molar-refractivity contribution is 5.58. The van der Waals surface area contributed by atoms with E-state index in [4.69, 9.17) is 0 Å². The topological polar surface area (TPSA) is 25.8 Å². The number of nitrogens with zero attached hydrogens (tertiary/aromatic N) is 2. The van der Waals surface area contributed by atoms with Gasteiger partial charge >= 0.3 is 0 Å². The molecule has 19 heavy (non-hydrogen) atoms. The molecule has 0 atom stereocenters.